The van der Waals surface area contributed by atoms with Crippen molar-refractivity contribution >= 4 is 0 Å². The number of nitrogens with zero attached hydrogens (tertiary/aromatic N) is 1. The topological polar surface area (TPSA) is 56.4 Å². The molecule has 4 aromatic rings. The van der Waals surface area contributed by atoms with Gasteiger partial charge in [0.1, 0.15) is 11.6 Å². The quantitative estimate of drug-likeness (QED) is 0.456. The highest BCUT2D eigenvalue weighted by molar-refractivity contribution is 5.83. The fourth-order valence-electron chi connectivity index (χ4n) is 3.42. The Bertz CT molecular complexity index is 1160. The summed E-state index contributed by atoms with van der Waals surface area (Å²) in [4.78, 5) is 8.25. The van der Waals surface area contributed by atoms with Gasteiger partial charge in [0, 0.05) is 11.1 Å². The zero-order chi connectivity index (χ0) is 21.1. The van der Waals surface area contributed by atoms with Crippen LogP contribution in [0.3, 0.4) is 0 Å². The molecule has 0 amide bonds. The SMILES string of the molecule is COc1ccc(-c2nc(-c3ccccc3)c(-c3ccc(F)cc3)[nH]2)c(OC)c1OC. The summed E-state index contributed by atoms with van der Waals surface area (Å²) in [5.74, 6) is 1.87. The zero-order valence-electron chi connectivity index (χ0n) is 16.9. The van der Waals surface area contributed by atoms with E-state index in [0.717, 1.165) is 28.1 Å². The minimum absolute atomic E-state index is 0.290. The zero-order valence-corrected chi connectivity index (χ0v) is 16.9. The van der Waals surface area contributed by atoms with Crippen molar-refractivity contribution in [2.75, 3.05) is 21.3 Å². The van der Waals surface area contributed by atoms with Crippen LogP contribution in [-0.4, -0.2) is 31.3 Å². The van der Waals surface area contributed by atoms with Crippen LogP contribution in [0.15, 0.2) is 66.7 Å². The smallest absolute Gasteiger partial charge is 0.204 e. The number of ether oxygens (including phenoxy) is 3. The molecule has 30 heavy (non-hydrogen) atoms. The van der Waals surface area contributed by atoms with Crippen molar-refractivity contribution in [3.8, 4) is 51.2 Å². The predicted molar refractivity (Wildman–Crippen MR) is 115 cm³/mol. The van der Waals surface area contributed by atoms with Crippen LogP contribution >= 0.6 is 0 Å². The van der Waals surface area contributed by atoms with Gasteiger partial charge in [0.05, 0.1) is 38.3 Å². The van der Waals surface area contributed by atoms with Crippen LogP contribution in [0.4, 0.5) is 4.39 Å². The van der Waals surface area contributed by atoms with E-state index in [0.29, 0.717) is 23.1 Å². The van der Waals surface area contributed by atoms with E-state index < -0.39 is 0 Å². The summed E-state index contributed by atoms with van der Waals surface area (Å²) in [7, 11) is 4.71. The van der Waals surface area contributed by atoms with Gasteiger partial charge in [-0.1, -0.05) is 30.3 Å². The Morgan fingerprint density at radius 2 is 1.43 bits per heavy atom. The molecule has 3 aromatic carbocycles. The maximum Gasteiger partial charge on any atom is 0.204 e. The van der Waals surface area contributed by atoms with Gasteiger partial charge in [-0.2, -0.15) is 0 Å². The number of H-pyrrole nitrogens is 1. The summed E-state index contributed by atoms with van der Waals surface area (Å²) in [5, 5.41) is 0. The molecule has 4 rings (SSSR count). The number of rotatable bonds is 6. The van der Waals surface area contributed by atoms with Crippen LogP contribution in [0.5, 0.6) is 17.2 Å². The number of hydrogen-bond donors (Lipinski definition) is 1. The lowest BCUT2D eigenvalue weighted by Gasteiger charge is -2.14. The second kappa shape index (κ2) is 8.29. The van der Waals surface area contributed by atoms with Crippen LogP contribution in [0.25, 0.3) is 33.9 Å². The van der Waals surface area contributed by atoms with Crippen molar-refractivity contribution in [3.05, 3.63) is 72.5 Å². The molecular weight excluding hydrogens is 383 g/mol. The first-order valence-electron chi connectivity index (χ1n) is 9.37. The second-order valence-corrected chi connectivity index (χ2v) is 6.56. The standard InChI is InChI=1S/C24H21FN2O3/c1-28-19-14-13-18(22(29-2)23(19)30-3)24-26-20(15-7-5-4-6-8-15)21(27-24)16-9-11-17(25)12-10-16/h4-14H,1-3H3,(H,26,27). The molecule has 0 saturated carbocycles. The van der Waals surface area contributed by atoms with Gasteiger partial charge in [0.15, 0.2) is 11.5 Å². The predicted octanol–water partition coefficient (Wildman–Crippen LogP) is 5.58. The summed E-state index contributed by atoms with van der Waals surface area (Å²) < 4.78 is 30.0. The van der Waals surface area contributed by atoms with Crippen LogP contribution in [-0.2, 0) is 0 Å². The Hall–Kier alpha value is -3.80. The summed E-state index contributed by atoms with van der Waals surface area (Å²) in [5.41, 5.74) is 4.04. The van der Waals surface area contributed by atoms with Crippen molar-refractivity contribution in [2.24, 2.45) is 0 Å². The Morgan fingerprint density at radius 1 is 0.733 bits per heavy atom. The second-order valence-electron chi connectivity index (χ2n) is 6.56. The number of nitrogens with one attached hydrogen (secondary N) is 1. The van der Waals surface area contributed by atoms with Gasteiger partial charge >= 0.3 is 0 Å². The third-order valence-corrected chi connectivity index (χ3v) is 4.84. The number of halogens is 1. The first-order valence-corrected chi connectivity index (χ1v) is 9.37. The molecule has 1 N–H and O–H groups in total. The fraction of sp³-hybridized carbons (Fsp3) is 0.125. The molecule has 6 heteroatoms. The highest BCUT2D eigenvalue weighted by atomic mass is 19.1. The van der Waals surface area contributed by atoms with Crippen molar-refractivity contribution in [1.29, 1.82) is 0 Å². The molecule has 0 fully saturated rings. The van der Waals surface area contributed by atoms with Gasteiger partial charge in [0.2, 0.25) is 5.75 Å². The van der Waals surface area contributed by atoms with Crippen LogP contribution in [0, 0.1) is 5.82 Å². The van der Waals surface area contributed by atoms with E-state index in [1.54, 1.807) is 39.5 Å². The van der Waals surface area contributed by atoms with E-state index in [9.17, 15) is 4.39 Å². The minimum Gasteiger partial charge on any atom is -0.493 e. The van der Waals surface area contributed by atoms with E-state index in [1.807, 2.05) is 36.4 Å². The molecule has 1 heterocycles. The lowest BCUT2D eigenvalue weighted by Crippen LogP contribution is -1.97. The highest BCUT2D eigenvalue weighted by Crippen LogP contribution is 2.44. The summed E-state index contributed by atoms with van der Waals surface area (Å²) >= 11 is 0. The normalized spacial score (nSPS) is 10.7. The summed E-state index contributed by atoms with van der Waals surface area (Å²) in [6, 6.07) is 19.8. The Balaban J connectivity index is 1.94. The first kappa shape index (κ1) is 19.5. The molecule has 0 atom stereocenters. The van der Waals surface area contributed by atoms with E-state index in [2.05, 4.69) is 4.98 Å². The average Bonchev–Trinajstić information content (AvgIpc) is 3.24. The lowest BCUT2D eigenvalue weighted by atomic mass is 10.1. The van der Waals surface area contributed by atoms with Crippen LogP contribution in [0.1, 0.15) is 0 Å². The third-order valence-electron chi connectivity index (χ3n) is 4.84. The number of imidazole rings is 1. The molecule has 0 aliphatic rings. The van der Waals surface area contributed by atoms with E-state index >= 15 is 0 Å². The molecular formula is C24H21FN2O3. The highest BCUT2D eigenvalue weighted by Gasteiger charge is 2.22. The van der Waals surface area contributed by atoms with E-state index in [4.69, 9.17) is 19.2 Å². The molecule has 0 saturated heterocycles. The number of aromatic amines is 1. The van der Waals surface area contributed by atoms with Gasteiger partial charge in [-0.25, -0.2) is 9.37 Å². The number of benzene rings is 3. The maximum absolute atomic E-state index is 13.5. The van der Waals surface area contributed by atoms with Gasteiger partial charge in [-0.3, -0.25) is 0 Å². The van der Waals surface area contributed by atoms with Crippen molar-refractivity contribution in [2.45, 2.75) is 0 Å². The molecule has 0 radical (unpaired) electrons. The molecule has 0 unspecified atom stereocenters. The number of aromatic nitrogens is 2. The number of hydrogen-bond acceptors (Lipinski definition) is 4. The number of methoxy groups -OCH3 is 3. The molecule has 0 aliphatic carbocycles. The van der Waals surface area contributed by atoms with Gasteiger partial charge in [0.25, 0.3) is 0 Å². The molecule has 0 spiro atoms. The minimum atomic E-state index is -0.290. The Kier molecular flexibility index (Phi) is 5.39. The van der Waals surface area contributed by atoms with Crippen LogP contribution in [0.2, 0.25) is 0 Å². The van der Waals surface area contributed by atoms with Crippen molar-refractivity contribution < 1.29 is 18.6 Å². The van der Waals surface area contributed by atoms with E-state index in [1.165, 1.54) is 12.1 Å². The largest absolute Gasteiger partial charge is 0.493 e. The summed E-state index contributed by atoms with van der Waals surface area (Å²) in [6.45, 7) is 0. The molecule has 0 bridgehead atoms. The monoisotopic (exact) mass is 404 g/mol. The Morgan fingerprint density at radius 3 is 2.07 bits per heavy atom. The molecule has 152 valence electrons. The van der Waals surface area contributed by atoms with Crippen molar-refractivity contribution in [1.82, 2.24) is 9.97 Å². The molecule has 5 nitrogen and oxygen atoms in total. The van der Waals surface area contributed by atoms with E-state index in [-0.39, 0.29) is 5.82 Å². The van der Waals surface area contributed by atoms with Crippen molar-refractivity contribution in [3.63, 3.8) is 0 Å². The maximum atomic E-state index is 13.5. The van der Waals surface area contributed by atoms with Gasteiger partial charge in [-0.15, -0.1) is 0 Å². The molecule has 0 aliphatic heterocycles. The first-order chi connectivity index (χ1) is 14.7. The molecule has 1 aromatic heterocycles. The average molecular weight is 404 g/mol. The van der Waals surface area contributed by atoms with Crippen LogP contribution < -0.4 is 14.2 Å². The Labute approximate surface area is 174 Å². The van der Waals surface area contributed by atoms with Gasteiger partial charge < -0.3 is 19.2 Å². The summed E-state index contributed by atoms with van der Waals surface area (Å²) in [6.07, 6.45) is 0. The third kappa shape index (κ3) is 3.48. The van der Waals surface area contributed by atoms with Gasteiger partial charge in [-0.05, 0) is 36.4 Å². The lowest BCUT2D eigenvalue weighted by molar-refractivity contribution is 0.325. The fourth-order valence-corrected chi connectivity index (χ4v) is 3.42.